The van der Waals surface area contributed by atoms with E-state index in [0.717, 1.165) is 29.9 Å². The number of ether oxygens (including phenoxy) is 1. The first-order valence-electron chi connectivity index (χ1n) is 8.32. The molecule has 6 heteroatoms. The molecule has 2 heterocycles. The molecule has 3 rings (SSSR count). The zero-order valence-electron chi connectivity index (χ0n) is 14.2. The van der Waals surface area contributed by atoms with Crippen molar-refractivity contribution in [3.8, 4) is 6.07 Å². The summed E-state index contributed by atoms with van der Waals surface area (Å²) in [5, 5.41) is 11.7. The molecule has 1 aliphatic heterocycles. The molecule has 1 atom stereocenters. The van der Waals surface area contributed by atoms with Gasteiger partial charge in [-0.1, -0.05) is 12.1 Å². The Morgan fingerprint density at radius 2 is 2.32 bits per heavy atom. The van der Waals surface area contributed by atoms with Crippen LogP contribution >= 0.6 is 0 Å². The Bertz CT molecular complexity index is 778. The number of likely N-dealkylation sites (tertiary alicyclic amines) is 1. The number of urea groups is 1. The zero-order chi connectivity index (χ0) is 17.6. The van der Waals surface area contributed by atoms with Crippen molar-refractivity contribution in [1.82, 2.24) is 4.90 Å². The Morgan fingerprint density at radius 1 is 1.44 bits per heavy atom. The Hall–Kier alpha value is -2.78. The van der Waals surface area contributed by atoms with Gasteiger partial charge in [0.15, 0.2) is 0 Å². The fraction of sp³-hybridized carbons (Fsp3) is 0.368. The van der Waals surface area contributed by atoms with Crippen LogP contribution in [0.5, 0.6) is 0 Å². The van der Waals surface area contributed by atoms with Gasteiger partial charge in [-0.3, -0.25) is 0 Å². The summed E-state index contributed by atoms with van der Waals surface area (Å²) in [6.07, 6.45) is 2.14. The van der Waals surface area contributed by atoms with E-state index in [0.29, 0.717) is 25.3 Å². The molecule has 25 heavy (non-hydrogen) atoms. The third-order valence-electron chi connectivity index (χ3n) is 4.27. The van der Waals surface area contributed by atoms with E-state index in [4.69, 9.17) is 14.4 Å². The zero-order valence-corrected chi connectivity index (χ0v) is 14.2. The topological polar surface area (TPSA) is 78.5 Å². The van der Waals surface area contributed by atoms with E-state index in [1.54, 1.807) is 12.0 Å². The fourth-order valence-corrected chi connectivity index (χ4v) is 3.14. The van der Waals surface area contributed by atoms with Crippen molar-refractivity contribution in [3.05, 3.63) is 53.5 Å². The number of rotatable bonds is 5. The van der Waals surface area contributed by atoms with Gasteiger partial charge in [0.25, 0.3) is 0 Å². The van der Waals surface area contributed by atoms with Crippen LogP contribution in [0.4, 0.5) is 10.5 Å². The molecule has 2 amide bonds. The molecule has 0 aliphatic carbocycles. The monoisotopic (exact) mass is 339 g/mol. The lowest BCUT2D eigenvalue weighted by atomic mass is 10.1. The number of carbonyl (C=O) groups is 1. The number of methoxy groups -OCH3 is 1. The van der Waals surface area contributed by atoms with Crippen LogP contribution in [0.3, 0.4) is 0 Å². The van der Waals surface area contributed by atoms with Crippen LogP contribution in [0, 0.1) is 11.3 Å². The van der Waals surface area contributed by atoms with Gasteiger partial charge in [0.1, 0.15) is 18.1 Å². The molecule has 0 spiro atoms. The van der Waals surface area contributed by atoms with Gasteiger partial charge < -0.3 is 19.4 Å². The largest absolute Gasteiger partial charge is 0.461 e. The lowest BCUT2D eigenvalue weighted by molar-refractivity contribution is 0.157. The number of benzene rings is 1. The van der Waals surface area contributed by atoms with Crippen molar-refractivity contribution in [1.29, 1.82) is 5.26 Å². The predicted molar refractivity (Wildman–Crippen MR) is 92.9 cm³/mol. The second-order valence-electron chi connectivity index (χ2n) is 6.05. The highest BCUT2D eigenvalue weighted by atomic mass is 16.5. The van der Waals surface area contributed by atoms with Crippen molar-refractivity contribution in [2.24, 2.45) is 0 Å². The lowest BCUT2D eigenvalue weighted by Crippen LogP contribution is -2.34. The number of nitrogens with one attached hydrogen (secondary N) is 1. The number of hydrogen-bond acceptors (Lipinski definition) is 4. The number of hydrogen-bond donors (Lipinski definition) is 1. The van der Waals surface area contributed by atoms with Gasteiger partial charge in [0.05, 0.1) is 18.5 Å². The smallest absolute Gasteiger partial charge is 0.322 e. The normalized spacial score (nSPS) is 16.6. The molecule has 1 aromatic heterocycles. The number of nitrogens with zero attached hydrogens (tertiary/aromatic N) is 2. The Balaban J connectivity index is 1.70. The van der Waals surface area contributed by atoms with Crippen molar-refractivity contribution >= 4 is 11.7 Å². The highest BCUT2D eigenvalue weighted by Crippen LogP contribution is 2.33. The molecule has 130 valence electrons. The van der Waals surface area contributed by atoms with Gasteiger partial charge in [-0.15, -0.1) is 0 Å². The van der Waals surface area contributed by atoms with Crippen LogP contribution in [0.1, 0.15) is 36.0 Å². The maximum atomic E-state index is 12.7. The summed E-state index contributed by atoms with van der Waals surface area (Å²) in [6, 6.07) is 13.1. The highest BCUT2D eigenvalue weighted by molar-refractivity contribution is 5.89. The number of carbonyl (C=O) groups excluding carboxylic acids is 1. The van der Waals surface area contributed by atoms with Crippen LogP contribution in [0.2, 0.25) is 0 Å². The Labute approximate surface area is 147 Å². The van der Waals surface area contributed by atoms with Crippen molar-refractivity contribution in [2.45, 2.75) is 31.9 Å². The maximum absolute atomic E-state index is 12.7. The summed E-state index contributed by atoms with van der Waals surface area (Å²) in [5.74, 6) is 1.55. The summed E-state index contributed by atoms with van der Waals surface area (Å²) in [7, 11) is 1.62. The Kier molecular flexibility index (Phi) is 5.36. The SMILES string of the molecule is COCc1ccc(C2CCCN2C(=O)Nc2cccc(CC#N)c2)o1. The van der Waals surface area contributed by atoms with Gasteiger partial charge in [-0.05, 0) is 42.7 Å². The van der Waals surface area contributed by atoms with E-state index < -0.39 is 0 Å². The summed E-state index contributed by atoms with van der Waals surface area (Å²) in [5.41, 5.74) is 1.58. The van der Waals surface area contributed by atoms with Crippen LogP contribution in [-0.4, -0.2) is 24.6 Å². The standard InChI is InChI=1S/C19H21N3O3/c1-24-13-16-7-8-18(25-16)17-6-3-11-22(17)19(23)21-15-5-2-4-14(12-15)9-10-20/h2,4-5,7-8,12,17H,3,6,9,11,13H2,1H3,(H,21,23). The average Bonchev–Trinajstić information content (AvgIpc) is 3.24. The van der Waals surface area contributed by atoms with E-state index in [-0.39, 0.29) is 12.1 Å². The quantitative estimate of drug-likeness (QED) is 0.897. The molecule has 1 N–H and O–H groups in total. The fourth-order valence-electron chi connectivity index (χ4n) is 3.14. The number of nitriles is 1. The van der Waals surface area contributed by atoms with Crippen LogP contribution in [-0.2, 0) is 17.8 Å². The van der Waals surface area contributed by atoms with E-state index in [9.17, 15) is 4.79 Å². The van der Waals surface area contributed by atoms with Gasteiger partial charge in [0, 0.05) is 19.3 Å². The number of furan rings is 1. The predicted octanol–water partition coefficient (Wildman–Crippen LogP) is 3.86. The van der Waals surface area contributed by atoms with Gasteiger partial charge in [0.2, 0.25) is 0 Å². The van der Waals surface area contributed by atoms with E-state index in [1.165, 1.54) is 0 Å². The molecule has 1 aromatic carbocycles. The molecular formula is C19H21N3O3. The summed E-state index contributed by atoms with van der Waals surface area (Å²) in [6.45, 7) is 1.11. The summed E-state index contributed by atoms with van der Waals surface area (Å²) >= 11 is 0. The first-order valence-corrected chi connectivity index (χ1v) is 8.32. The molecule has 1 aliphatic rings. The second-order valence-corrected chi connectivity index (χ2v) is 6.05. The first kappa shape index (κ1) is 17.1. The first-order chi connectivity index (χ1) is 12.2. The molecule has 0 bridgehead atoms. The molecule has 1 saturated heterocycles. The van der Waals surface area contributed by atoms with E-state index in [1.807, 2.05) is 36.4 Å². The summed E-state index contributed by atoms with van der Waals surface area (Å²) < 4.78 is 10.9. The molecule has 2 aromatic rings. The molecule has 1 fully saturated rings. The molecule has 6 nitrogen and oxygen atoms in total. The average molecular weight is 339 g/mol. The second kappa shape index (κ2) is 7.86. The Morgan fingerprint density at radius 3 is 3.12 bits per heavy atom. The summed E-state index contributed by atoms with van der Waals surface area (Å²) in [4.78, 5) is 14.5. The molecular weight excluding hydrogens is 318 g/mol. The van der Waals surface area contributed by atoms with E-state index >= 15 is 0 Å². The number of anilines is 1. The maximum Gasteiger partial charge on any atom is 0.322 e. The van der Waals surface area contributed by atoms with Crippen molar-refractivity contribution in [3.63, 3.8) is 0 Å². The van der Waals surface area contributed by atoms with E-state index in [2.05, 4.69) is 11.4 Å². The highest BCUT2D eigenvalue weighted by Gasteiger charge is 2.32. The van der Waals surface area contributed by atoms with Crippen molar-refractivity contribution in [2.75, 3.05) is 19.0 Å². The number of amides is 2. The van der Waals surface area contributed by atoms with Gasteiger partial charge in [-0.25, -0.2) is 4.79 Å². The minimum absolute atomic E-state index is 0.0621. The van der Waals surface area contributed by atoms with Gasteiger partial charge >= 0.3 is 6.03 Å². The third-order valence-corrected chi connectivity index (χ3v) is 4.27. The third kappa shape index (κ3) is 4.01. The van der Waals surface area contributed by atoms with Gasteiger partial charge in [-0.2, -0.15) is 5.26 Å². The lowest BCUT2D eigenvalue weighted by Gasteiger charge is -2.23. The minimum atomic E-state index is -0.152. The molecule has 1 unspecified atom stereocenters. The van der Waals surface area contributed by atoms with Crippen LogP contribution < -0.4 is 5.32 Å². The van der Waals surface area contributed by atoms with Crippen LogP contribution in [0.15, 0.2) is 40.8 Å². The van der Waals surface area contributed by atoms with Crippen LogP contribution in [0.25, 0.3) is 0 Å². The molecule has 0 radical (unpaired) electrons. The molecule has 0 saturated carbocycles. The van der Waals surface area contributed by atoms with Crippen molar-refractivity contribution < 1.29 is 13.9 Å². The minimum Gasteiger partial charge on any atom is -0.461 e.